The second kappa shape index (κ2) is 5.95. The van der Waals surface area contributed by atoms with Crippen LogP contribution in [0.25, 0.3) is 0 Å². The van der Waals surface area contributed by atoms with Gasteiger partial charge < -0.3 is 5.11 Å². The number of piperidine rings is 1. The van der Waals surface area contributed by atoms with Gasteiger partial charge >= 0.3 is 11.5 Å². The quantitative estimate of drug-likeness (QED) is 0.852. The predicted molar refractivity (Wildman–Crippen MR) is 59.9 cm³/mol. The second-order valence-corrected chi connectivity index (χ2v) is 5.40. The van der Waals surface area contributed by atoms with E-state index in [9.17, 15) is 18.0 Å². The van der Waals surface area contributed by atoms with Crippen LogP contribution in [-0.2, 0) is 4.79 Å². The number of hydrogen-bond donors (Lipinski definition) is 1. The summed E-state index contributed by atoms with van der Waals surface area (Å²) in [5.41, 5.74) is -4.18. The van der Waals surface area contributed by atoms with Crippen molar-refractivity contribution in [3.63, 3.8) is 0 Å². The van der Waals surface area contributed by atoms with E-state index in [2.05, 4.69) is 0 Å². The summed E-state index contributed by atoms with van der Waals surface area (Å²) in [7, 11) is 0. The zero-order chi connectivity index (χ0) is 13.1. The third-order valence-corrected chi connectivity index (χ3v) is 3.72. The molecule has 0 amide bonds. The molecule has 1 rings (SSSR count). The van der Waals surface area contributed by atoms with E-state index in [1.165, 1.54) is 0 Å². The summed E-state index contributed by atoms with van der Waals surface area (Å²) in [5.74, 6) is -1.15. The molecular formula is C10H16F3NO2S. The zero-order valence-electron chi connectivity index (χ0n) is 9.54. The van der Waals surface area contributed by atoms with Crippen LogP contribution < -0.4 is 0 Å². The summed E-state index contributed by atoms with van der Waals surface area (Å²) in [6.07, 6.45) is 1.04. The van der Waals surface area contributed by atoms with Crippen LogP contribution in [0.15, 0.2) is 0 Å². The van der Waals surface area contributed by atoms with Gasteiger partial charge in [-0.05, 0) is 38.1 Å². The van der Waals surface area contributed by atoms with E-state index in [-0.39, 0.29) is 29.5 Å². The van der Waals surface area contributed by atoms with Crippen LogP contribution in [0.3, 0.4) is 0 Å². The van der Waals surface area contributed by atoms with Crippen molar-refractivity contribution in [1.82, 2.24) is 4.90 Å². The number of rotatable bonds is 4. The van der Waals surface area contributed by atoms with E-state index in [4.69, 9.17) is 5.11 Å². The van der Waals surface area contributed by atoms with Crippen LogP contribution in [0, 0.1) is 5.92 Å². The Kier molecular flexibility index (Phi) is 5.12. The van der Waals surface area contributed by atoms with Crippen molar-refractivity contribution in [3.8, 4) is 0 Å². The van der Waals surface area contributed by atoms with Gasteiger partial charge in [-0.3, -0.25) is 9.69 Å². The average Bonchev–Trinajstić information content (AvgIpc) is 2.18. The van der Waals surface area contributed by atoms with E-state index in [0.717, 1.165) is 0 Å². The van der Waals surface area contributed by atoms with Crippen LogP contribution in [0.2, 0.25) is 0 Å². The number of likely N-dealkylation sites (tertiary alicyclic amines) is 1. The fraction of sp³-hybridized carbons (Fsp3) is 0.900. The maximum Gasteiger partial charge on any atom is 0.441 e. The molecule has 2 atom stereocenters. The fourth-order valence-electron chi connectivity index (χ4n) is 2.06. The normalized spacial score (nSPS) is 27.1. The topological polar surface area (TPSA) is 40.5 Å². The van der Waals surface area contributed by atoms with Gasteiger partial charge in [0.05, 0.1) is 5.92 Å². The molecule has 0 spiro atoms. The number of carboxylic acids is 1. The number of nitrogens with zero attached hydrogens (tertiary/aromatic N) is 1. The van der Waals surface area contributed by atoms with Crippen molar-refractivity contribution in [1.29, 1.82) is 0 Å². The van der Waals surface area contributed by atoms with Gasteiger partial charge in [0, 0.05) is 18.3 Å². The summed E-state index contributed by atoms with van der Waals surface area (Å²) >= 11 is -0.0216. The molecule has 2 unspecified atom stereocenters. The summed E-state index contributed by atoms with van der Waals surface area (Å²) in [6.45, 7) is 2.79. The lowest BCUT2D eigenvalue weighted by Crippen LogP contribution is -2.43. The number of hydrogen-bond acceptors (Lipinski definition) is 3. The number of aliphatic carboxylic acids is 1. The Balaban J connectivity index is 2.30. The summed E-state index contributed by atoms with van der Waals surface area (Å²) in [6, 6.07) is 0.0404. The molecule has 1 saturated heterocycles. The minimum absolute atomic E-state index is 0.00553. The third kappa shape index (κ3) is 5.16. The van der Waals surface area contributed by atoms with Gasteiger partial charge in [0.15, 0.2) is 0 Å². The van der Waals surface area contributed by atoms with Gasteiger partial charge in [-0.1, -0.05) is 0 Å². The van der Waals surface area contributed by atoms with Crippen LogP contribution in [0.4, 0.5) is 13.2 Å². The average molecular weight is 271 g/mol. The Labute approximate surface area is 102 Å². The Hall–Kier alpha value is -0.430. The molecule has 0 aromatic carbocycles. The van der Waals surface area contributed by atoms with Gasteiger partial charge in [0.2, 0.25) is 0 Å². The van der Waals surface area contributed by atoms with Crippen molar-refractivity contribution in [2.24, 2.45) is 5.92 Å². The summed E-state index contributed by atoms with van der Waals surface area (Å²) in [5, 5.41) is 8.85. The maximum atomic E-state index is 11.9. The van der Waals surface area contributed by atoms with Crippen LogP contribution in [-0.4, -0.2) is 46.4 Å². The molecule has 7 heteroatoms. The number of halogens is 3. The third-order valence-electron chi connectivity index (χ3n) is 3.01. The number of alkyl halides is 3. The van der Waals surface area contributed by atoms with Crippen molar-refractivity contribution in [3.05, 3.63) is 0 Å². The van der Waals surface area contributed by atoms with E-state index >= 15 is 0 Å². The maximum absolute atomic E-state index is 11.9. The largest absolute Gasteiger partial charge is 0.481 e. The van der Waals surface area contributed by atoms with E-state index < -0.39 is 11.5 Å². The van der Waals surface area contributed by atoms with E-state index in [1.807, 2.05) is 11.8 Å². The van der Waals surface area contributed by atoms with Crippen LogP contribution in [0.1, 0.15) is 19.8 Å². The first-order chi connectivity index (χ1) is 7.79. The molecule has 0 saturated carbocycles. The molecule has 1 heterocycles. The Morgan fingerprint density at radius 3 is 2.65 bits per heavy atom. The molecule has 1 N–H and O–H groups in total. The molecule has 1 aliphatic rings. The summed E-state index contributed by atoms with van der Waals surface area (Å²) < 4.78 is 35.8. The highest BCUT2D eigenvalue weighted by atomic mass is 32.2. The molecule has 0 aromatic heterocycles. The second-order valence-electron chi connectivity index (χ2n) is 4.24. The summed E-state index contributed by atoms with van der Waals surface area (Å²) in [4.78, 5) is 12.7. The van der Waals surface area contributed by atoms with Crippen molar-refractivity contribution < 1.29 is 23.1 Å². The van der Waals surface area contributed by atoms with Crippen LogP contribution in [0.5, 0.6) is 0 Å². The molecule has 0 aliphatic carbocycles. The zero-order valence-corrected chi connectivity index (χ0v) is 10.4. The van der Waals surface area contributed by atoms with Crippen LogP contribution >= 0.6 is 11.8 Å². The monoisotopic (exact) mass is 271 g/mol. The molecule has 1 fully saturated rings. The van der Waals surface area contributed by atoms with Crippen molar-refractivity contribution >= 4 is 17.7 Å². The molecule has 17 heavy (non-hydrogen) atoms. The Morgan fingerprint density at radius 2 is 2.18 bits per heavy atom. The lowest BCUT2D eigenvalue weighted by atomic mass is 9.92. The molecular weight excluding hydrogens is 255 g/mol. The number of carboxylic acid groups (broad SMARTS) is 1. The highest BCUT2D eigenvalue weighted by Gasteiger charge is 2.31. The Morgan fingerprint density at radius 1 is 1.53 bits per heavy atom. The van der Waals surface area contributed by atoms with Gasteiger partial charge in [-0.25, -0.2) is 0 Å². The fourth-order valence-corrected chi connectivity index (χ4v) is 2.61. The molecule has 0 radical (unpaired) electrons. The molecule has 0 aromatic rings. The lowest BCUT2D eigenvalue weighted by Gasteiger charge is -2.36. The standard InChI is InChI=1S/C10H16F3NO2S/c1-7-6-8(9(15)16)2-3-14(7)4-5-17-10(11,12)13/h7-8H,2-6H2,1H3,(H,15,16). The van der Waals surface area contributed by atoms with Gasteiger partial charge in [0.1, 0.15) is 0 Å². The minimum atomic E-state index is -4.18. The van der Waals surface area contributed by atoms with Gasteiger partial charge in [0.25, 0.3) is 0 Å². The smallest absolute Gasteiger partial charge is 0.441 e. The first kappa shape index (κ1) is 14.6. The van der Waals surface area contributed by atoms with Gasteiger partial charge in [-0.2, -0.15) is 13.2 Å². The SMILES string of the molecule is CC1CC(C(=O)O)CCN1CCSC(F)(F)F. The molecule has 100 valence electrons. The predicted octanol–water partition coefficient (Wildman–Crippen LogP) is 2.42. The van der Waals surface area contributed by atoms with Crippen molar-refractivity contribution in [2.45, 2.75) is 31.3 Å². The highest BCUT2D eigenvalue weighted by molar-refractivity contribution is 8.00. The molecule has 1 aliphatic heterocycles. The van der Waals surface area contributed by atoms with Gasteiger partial charge in [-0.15, -0.1) is 0 Å². The number of carbonyl (C=O) groups is 1. The number of thioether (sulfide) groups is 1. The molecule has 3 nitrogen and oxygen atoms in total. The first-order valence-corrected chi connectivity index (χ1v) is 6.45. The highest BCUT2D eigenvalue weighted by Crippen LogP contribution is 2.30. The Bertz CT molecular complexity index is 273. The lowest BCUT2D eigenvalue weighted by molar-refractivity contribution is -0.144. The minimum Gasteiger partial charge on any atom is -0.481 e. The van der Waals surface area contributed by atoms with Crippen molar-refractivity contribution in [2.75, 3.05) is 18.8 Å². The van der Waals surface area contributed by atoms with E-state index in [1.54, 1.807) is 0 Å². The van der Waals surface area contributed by atoms with E-state index in [0.29, 0.717) is 25.9 Å². The molecule has 0 bridgehead atoms. The first-order valence-electron chi connectivity index (χ1n) is 5.47.